The predicted molar refractivity (Wildman–Crippen MR) is 308 cm³/mol. The topological polar surface area (TPSA) is 232 Å². The molecule has 4 N–H and O–H groups in total. The minimum absolute atomic E-state index is 0. The van der Waals surface area contributed by atoms with Crippen molar-refractivity contribution in [2.45, 2.75) is 157 Å². The number of hydrogen-bond acceptors (Lipinski definition) is 12. The molecule has 0 bridgehead atoms. The fourth-order valence-electron chi connectivity index (χ4n) is 10.4. The van der Waals surface area contributed by atoms with Gasteiger partial charge < -0.3 is 10.5 Å². The van der Waals surface area contributed by atoms with Crippen molar-refractivity contribution >= 4 is 91.4 Å². The number of sulfonamides is 2. The van der Waals surface area contributed by atoms with Gasteiger partial charge in [-0.25, -0.2) is 61.0 Å². The quantitative estimate of drug-likeness (QED) is 0.0683. The summed E-state index contributed by atoms with van der Waals surface area (Å²) >= 11 is 13.1. The first-order valence-corrected chi connectivity index (χ1v) is 32.7. The van der Waals surface area contributed by atoms with E-state index in [0.29, 0.717) is 49.8 Å². The highest BCUT2D eigenvalue weighted by Crippen LogP contribution is 2.40. The molecule has 4 heterocycles. The number of nitrogens with one attached hydrogen (secondary N) is 2. The van der Waals surface area contributed by atoms with Crippen LogP contribution in [0, 0.1) is 31.6 Å². The Kier molecular flexibility index (Phi) is 19.5. The van der Waals surface area contributed by atoms with Gasteiger partial charge in [0.25, 0.3) is 20.0 Å². The maximum absolute atomic E-state index is 13.2. The number of nitrogens with zero attached hydrogens (tertiary/aromatic N) is 4. The highest BCUT2D eigenvalue weighted by Gasteiger charge is 2.41. The molecule has 420 valence electrons. The SMILES string of the molecule is C.CC[C@@H]1C[C@H](NS(=O)(=O)C2CC2)C[C@@H]1CCCc1cnc2c(ccn2S(=O)(=O)c2ccc(C)cc2)c1Cl.CC[C@@H]1C[C@H](NS(=O)(=O)C2CC2)C[C@@H]1N.COC=Cc1cnc2c(ccn2S(=O)(=O)c2ccc(C)cc2)c1Cl. The molecule has 4 fully saturated rings. The molecule has 4 saturated carbocycles. The summed E-state index contributed by atoms with van der Waals surface area (Å²) in [5, 5.41) is 1.84. The molecule has 0 radical (unpaired) electrons. The van der Waals surface area contributed by atoms with Crippen molar-refractivity contribution in [3.05, 3.63) is 124 Å². The van der Waals surface area contributed by atoms with Crippen LogP contribution in [0.5, 0.6) is 0 Å². The number of methoxy groups -OCH3 is 1. The number of fused-ring (bicyclic) bond motifs is 2. The summed E-state index contributed by atoms with van der Waals surface area (Å²) < 4.78 is 113. The zero-order chi connectivity index (χ0) is 54.7. The van der Waals surface area contributed by atoms with E-state index in [0.717, 1.165) is 104 Å². The van der Waals surface area contributed by atoms with Gasteiger partial charge in [-0.05, 0) is 150 Å². The molecule has 2 aromatic carbocycles. The van der Waals surface area contributed by atoms with Crippen LogP contribution >= 0.6 is 23.2 Å². The van der Waals surface area contributed by atoms with Crippen LogP contribution in [0.4, 0.5) is 0 Å². The second-order valence-electron chi connectivity index (χ2n) is 20.7. The van der Waals surface area contributed by atoms with Crippen LogP contribution in [-0.4, -0.2) is 87.3 Å². The number of aryl methyl sites for hydroxylation is 3. The number of halogens is 2. The van der Waals surface area contributed by atoms with Crippen molar-refractivity contribution < 1.29 is 38.4 Å². The van der Waals surface area contributed by atoms with Gasteiger partial charge in [0, 0.05) is 59.2 Å². The Morgan fingerprint density at radius 2 is 1.10 bits per heavy atom. The molecule has 6 atom stereocenters. The van der Waals surface area contributed by atoms with E-state index in [1.807, 2.05) is 13.8 Å². The Hall–Kier alpha value is -4.38. The van der Waals surface area contributed by atoms with Crippen molar-refractivity contribution in [2.24, 2.45) is 23.5 Å². The van der Waals surface area contributed by atoms with E-state index >= 15 is 0 Å². The Balaban J connectivity index is 0.000000184. The van der Waals surface area contributed by atoms with E-state index in [-0.39, 0.29) is 51.5 Å². The predicted octanol–water partition coefficient (Wildman–Crippen LogP) is 10.5. The lowest BCUT2D eigenvalue weighted by molar-refractivity contribution is 0.341. The Labute approximate surface area is 465 Å². The molecule has 6 aromatic rings. The van der Waals surface area contributed by atoms with Gasteiger partial charge in [0.15, 0.2) is 11.3 Å². The van der Waals surface area contributed by atoms with Crippen LogP contribution in [0.1, 0.15) is 121 Å². The average Bonchev–Trinajstić information content (AvgIpc) is 4.29. The second kappa shape index (κ2) is 25.0. The van der Waals surface area contributed by atoms with Crippen molar-refractivity contribution in [3.63, 3.8) is 0 Å². The molecule has 77 heavy (non-hydrogen) atoms. The van der Waals surface area contributed by atoms with E-state index < -0.39 is 40.1 Å². The first kappa shape index (κ1) is 60.3. The molecule has 0 aliphatic heterocycles. The van der Waals surface area contributed by atoms with Crippen LogP contribution < -0.4 is 15.2 Å². The number of pyridine rings is 2. The summed E-state index contributed by atoms with van der Waals surface area (Å²) in [5.41, 5.74) is 10.1. The number of rotatable bonds is 18. The largest absolute Gasteiger partial charge is 0.504 e. The normalized spacial score (nSPS) is 21.9. The van der Waals surface area contributed by atoms with Gasteiger partial charge in [-0.2, -0.15) is 0 Å². The standard InChI is InChI=1S/C27H34ClN3O4S2.C17H15ClN2O3S.C10H20N2O2S.CH4/c1-3-19-15-22(30-36(32,33)23-11-12-23)16-20(19)5-4-6-21-17-29-27-25(26(21)28)13-14-31(27)37(34,35)24-9-7-18(2)8-10-24;1-12-3-5-14(6-4-12)24(21,22)20-9-7-15-16(18)13(8-10-23-2)11-19-17(15)20;1-2-7-5-8(6-10(7)11)12-15(13,14)9-3-4-9;/h7-10,13-14,17,19-20,22-23,30H,3-6,11-12,15-16H2,1-2H3;3-11H,1-2H3;7-10,12H,2-6,11H2,1H3;1H4/t19-,20+,22+;;7-,8+,10+;/m1.1./s1. The monoisotopic (exact) mass is 1170 g/mol. The average molecular weight is 1180 g/mol. The number of hydrogen-bond donors (Lipinski definition) is 3. The third-order valence-electron chi connectivity index (χ3n) is 15.1. The minimum atomic E-state index is -3.78. The summed E-state index contributed by atoms with van der Waals surface area (Å²) in [6.07, 6.45) is 20.8. The van der Waals surface area contributed by atoms with Crippen molar-refractivity contribution in [2.75, 3.05) is 7.11 Å². The molecule has 4 aliphatic carbocycles. The molecule has 16 nitrogen and oxygen atoms in total. The molecule has 0 spiro atoms. The lowest BCUT2D eigenvalue weighted by Crippen LogP contribution is -2.36. The van der Waals surface area contributed by atoms with E-state index in [2.05, 4.69) is 33.3 Å². The summed E-state index contributed by atoms with van der Waals surface area (Å²) in [6, 6.07) is 17.0. The van der Waals surface area contributed by atoms with Gasteiger partial charge in [-0.3, -0.25) is 0 Å². The zero-order valence-corrected chi connectivity index (χ0v) is 48.3. The third-order valence-corrected chi connectivity index (χ3v) is 23.4. The Morgan fingerprint density at radius 1 is 0.649 bits per heavy atom. The summed E-state index contributed by atoms with van der Waals surface area (Å²) in [7, 11) is -12.2. The second-order valence-corrected chi connectivity index (χ2v) is 29.1. The van der Waals surface area contributed by atoms with Crippen molar-refractivity contribution in [1.82, 2.24) is 27.4 Å². The van der Waals surface area contributed by atoms with E-state index in [9.17, 15) is 33.7 Å². The first-order chi connectivity index (χ1) is 36.1. The summed E-state index contributed by atoms with van der Waals surface area (Å²) in [5.74, 6) is 1.48. The van der Waals surface area contributed by atoms with Crippen LogP contribution in [0.2, 0.25) is 10.0 Å². The molecule has 4 aromatic heterocycles. The van der Waals surface area contributed by atoms with Gasteiger partial charge >= 0.3 is 0 Å². The minimum Gasteiger partial charge on any atom is -0.504 e. The fourth-order valence-corrected chi connectivity index (χ4v) is 16.8. The molecule has 0 saturated heterocycles. The van der Waals surface area contributed by atoms with Crippen molar-refractivity contribution in [3.8, 4) is 0 Å². The molecule has 0 unspecified atom stereocenters. The van der Waals surface area contributed by atoms with Crippen molar-refractivity contribution in [1.29, 1.82) is 0 Å². The molecule has 4 aliphatic rings. The Bertz CT molecular complexity index is 3510. The molecular formula is C55H73Cl2N7O9S4. The van der Waals surface area contributed by atoms with E-state index in [1.54, 1.807) is 72.9 Å². The maximum atomic E-state index is 13.2. The molecular weight excluding hydrogens is 1100 g/mol. The lowest BCUT2D eigenvalue weighted by atomic mass is 9.89. The van der Waals surface area contributed by atoms with Crippen LogP contribution in [0.3, 0.4) is 0 Å². The lowest BCUT2D eigenvalue weighted by Gasteiger charge is -2.17. The van der Waals surface area contributed by atoms with Gasteiger partial charge in [0.2, 0.25) is 20.0 Å². The zero-order valence-electron chi connectivity index (χ0n) is 43.5. The maximum Gasteiger partial charge on any atom is 0.269 e. The molecule has 10 rings (SSSR count). The third kappa shape index (κ3) is 14.0. The Morgan fingerprint density at radius 3 is 1.57 bits per heavy atom. The molecule has 0 amide bonds. The summed E-state index contributed by atoms with van der Waals surface area (Å²) in [4.78, 5) is 9.15. The van der Waals surface area contributed by atoms with Crippen LogP contribution in [0.15, 0.2) is 102 Å². The number of nitrogens with two attached hydrogens (primary N) is 1. The summed E-state index contributed by atoms with van der Waals surface area (Å²) in [6.45, 7) is 8.11. The fraction of sp³-hybridized carbons (Fsp3) is 0.491. The smallest absolute Gasteiger partial charge is 0.269 e. The van der Waals surface area contributed by atoms with E-state index in [4.69, 9.17) is 33.7 Å². The van der Waals surface area contributed by atoms with E-state index in [1.165, 1.54) is 35.9 Å². The van der Waals surface area contributed by atoms with Crippen LogP contribution in [-0.2, 0) is 51.3 Å². The van der Waals surface area contributed by atoms with Crippen LogP contribution in [0.25, 0.3) is 28.1 Å². The number of aromatic nitrogens is 4. The van der Waals surface area contributed by atoms with Gasteiger partial charge in [-0.1, -0.05) is 92.7 Å². The highest BCUT2D eigenvalue weighted by atomic mass is 35.5. The first-order valence-electron chi connectivity index (χ1n) is 26.0. The van der Waals surface area contributed by atoms with Gasteiger partial charge in [0.05, 0.1) is 43.7 Å². The number of ether oxygens (including phenoxy) is 1. The highest BCUT2D eigenvalue weighted by molar-refractivity contribution is 7.91. The number of benzene rings is 2. The molecule has 22 heteroatoms. The van der Waals surface area contributed by atoms with Gasteiger partial charge in [-0.15, -0.1) is 0 Å². The van der Waals surface area contributed by atoms with Gasteiger partial charge in [0.1, 0.15) is 0 Å².